The van der Waals surface area contributed by atoms with E-state index in [4.69, 9.17) is 52.1 Å². The van der Waals surface area contributed by atoms with Crippen molar-refractivity contribution in [2.75, 3.05) is 39.6 Å². The first kappa shape index (κ1) is 62.5. The number of carbonyl (C=O) groups excluding carboxylic acids is 3. The number of ether oxygens (including phenoxy) is 11. The quantitative estimate of drug-likeness (QED) is 0.0571. The van der Waals surface area contributed by atoms with Crippen molar-refractivity contribution in [1.82, 2.24) is 16.0 Å². The summed E-state index contributed by atoms with van der Waals surface area (Å²) in [5, 5.41) is 190. The van der Waals surface area contributed by atoms with Gasteiger partial charge in [-0.2, -0.15) is 0 Å². The van der Waals surface area contributed by atoms with E-state index in [1.807, 2.05) is 0 Å². The Bertz CT molecular complexity index is 1870. The predicted octanol–water partition coefficient (Wildman–Crippen LogP) is -13.7. The van der Waals surface area contributed by atoms with E-state index < -0.39 is 241 Å². The third-order valence-corrected chi connectivity index (χ3v) is 13.6. The van der Waals surface area contributed by atoms with Gasteiger partial charge in [0.05, 0.1) is 39.6 Å². The van der Waals surface area contributed by atoms with Crippen molar-refractivity contribution in [2.45, 2.75) is 205 Å². The maximum Gasteiger partial charge on any atom is 0.217 e. The molecule has 0 bridgehead atoms. The van der Waals surface area contributed by atoms with Crippen molar-refractivity contribution in [3.63, 3.8) is 0 Å². The molecule has 6 saturated heterocycles. The van der Waals surface area contributed by atoms with Gasteiger partial charge in [0.15, 0.2) is 37.7 Å². The SMILES string of the molecule is CC(=O)N[C@@H]1[C@@H](O)[C@H](O[C@@H]2O[C@H](CO)[C@H](O)[C@H](O[C@@H]3O[C@H](CO)[C@@H](O[C@@H]4O[C@H](CO)[C@H](O)[C@H](O[C@@H]5O[C@H](CO)[C@@H](O[C@@H]6O[C@H](CO)[C@H](O)[C@H](O)[C@H]6O)[C@H](O)[C@H]5NC(C)=O)[C@H]4O)[C@H](O)[C@H]3NC(C)=O)[C@H]2O)[C@@H](CO)O[C@@H]1O. The van der Waals surface area contributed by atoms with Gasteiger partial charge in [0.1, 0.15) is 146 Å². The monoisotopic (exact) mass is 1110 g/mol. The maximum atomic E-state index is 12.6. The Morgan fingerprint density at radius 2 is 0.592 bits per heavy atom. The van der Waals surface area contributed by atoms with Crippen molar-refractivity contribution >= 4 is 17.7 Å². The Labute approximate surface area is 431 Å². The van der Waals surface area contributed by atoms with E-state index in [0.29, 0.717) is 0 Å². The molecule has 34 nitrogen and oxygen atoms in total. The van der Waals surface area contributed by atoms with Gasteiger partial charge in [-0.25, -0.2) is 0 Å². The van der Waals surface area contributed by atoms with Gasteiger partial charge >= 0.3 is 0 Å². The Hall–Kier alpha value is -2.71. The molecule has 440 valence electrons. The standard InChI is InChI=1S/C42H71N3O31/c1-10(52)43-19-25(58)32(16(7-49)66-37(19)65)73-41-30(63)35(23(56)14(5-47)68-41)75-39-21(45-12(3)54)27(60)34(18(9-51)71-39)74-42-31(64)36(24(57)15(6-48)69-42)76-38-20(44-11(2)53)26(59)33(17(8-50)70-38)72-40-29(62)28(61)22(55)13(4-46)67-40/h13-42,46-51,55-65H,4-9H2,1-3H3,(H,43,52)(H,44,53)(H,45,54)/t13-,14-,15-,16-,17-,18-,19-,20-,21-,22+,23+,24+,25-,26-,27-,28+,29-,30-,31-,32-,33-,34-,35+,36+,37+,38+,39+,40+,41+,42+/m1/s1. The molecular weight excluding hydrogens is 1040 g/mol. The van der Waals surface area contributed by atoms with Crippen LogP contribution in [0.5, 0.6) is 0 Å². The van der Waals surface area contributed by atoms with Crippen molar-refractivity contribution in [1.29, 1.82) is 0 Å². The highest BCUT2D eigenvalue weighted by Gasteiger charge is 2.58. The van der Waals surface area contributed by atoms with Crippen LogP contribution >= 0.6 is 0 Å². The molecule has 6 aliphatic heterocycles. The minimum atomic E-state index is -2.22. The molecule has 0 aromatic carbocycles. The topological polar surface area (TPSA) is 533 Å². The van der Waals surface area contributed by atoms with Crippen LogP contribution in [0.1, 0.15) is 20.8 Å². The summed E-state index contributed by atoms with van der Waals surface area (Å²) in [4.78, 5) is 36.9. The molecule has 0 aliphatic carbocycles. The molecule has 20 N–H and O–H groups in total. The van der Waals surface area contributed by atoms with Crippen LogP contribution < -0.4 is 16.0 Å². The largest absolute Gasteiger partial charge is 0.394 e. The second kappa shape index (κ2) is 27.2. The summed E-state index contributed by atoms with van der Waals surface area (Å²) in [6.45, 7) is -2.75. The Morgan fingerprint density at radius 3 is 0.934 bits per heavy atom. The van der Waals surface area contributed by atoms with Gasteiger partial charge in [0.2, 0.25) is 17.7 Å². The first-order valence-electron chi connectivity index (χ1n) is 24.1. The zero-order chi connectivity index (χ0) is 56.2. The molecule has 3 amide bonds. The van der Waals surface area contributed by atoms with Crippen LogP contribution in [0.15, 0.2) is 0 Å². The summed E-state index contributed by atoms with van der Waals surface area (Å²) in [6.07, 6.45) is -50.9. The van der Waals surface area contributed by atoms with Gasteiger partial charge in [0, 0.05) is 20.8 Å². The van der Waals surface area contributed by atoms with Crippen LogP contribution in [0, 0.1) is 0 Å². The number of hydrogen-bond acceptors (Lipinski definition) is 31. The second-order valence-corrected chi connectivity index (χ2v) is 19.0. The van der Waals surface area contributed by atoms with Crippen LogP contribution in [0.3, 0.4) is 0 Å². The van der Waals surface area contributed by atoms with Gasteiger partial charge in [-0.05, 0) is 0 Å². The van der Waals surface area contributed by atoms with Gasteiger partial charge in [0.25, 0.3) is 0 Å². The number of aliphatic hydroxyl groups is 17. The minimum Gasteiger partial charge on any atom is -0.394 e. The van der Waals surface area contributed by atoms with E-state index in [-0.39, 0.29) is 0 Å². The van der Waals surface area contributed by atoms with E-state index in [1.165, 1.54) is 0 Å². The summed E-state index contributed by atoms with van der Waals surface area (Å²) in [5.74, 6) is -2.41. The zero-order valence-electron chi connectivity index (χ0n) is 40.9. The molecule has 30 atom stereocenters. The molecule has 6 rings (SSSR count). The number of rotatable bonds is 19. The van der Waals surface area contributed by atoms with Crippen LogP contribution in [-0.4, -0.2) is 328 Å². The molecule has 6 aliphatic rings. The number of nitrogens with one attached hydrogen (secondary N) is 3. The van der Waals surface area contributed by atoms with E-state index >= 15 is 0 Å². The van der Waals surface area contributed by atoms with Crippen LogP contribution in [0.4, 0.5) is 0 Å². The van der Waals surface area contributed by atoms with Crippen molar-refractivity contribution < 1.29 is 153 Å². The number of hydrogen-bond donors (Lipinski definition) is 20. The molecule has 0 radical (unpaired) electrons. The zero-order valence-corrected chi connectivity index (χ0v) is 40.9. The minimum absolute atomic E-state index is 0.713. The summed E-state index contributed by atoms with van der Waals surface area (Å²) in [7, 11) is 0. The predicted molar refractivity (Wildman–Crippen MR) is 234 cm³/mol. The molecule has 76 heavy (non-hydrogen) atoms. The van der Waals surface area contributed by atoms with Crippen LogP contribution in [-0.2, 0) is 66.5 Å². The maximum absolute atomic E-state index is 12.6. The molecule has 0 aromatic rings. The van der Waals surface area contributed by atoms with Crippen molar-refractivity contribution in [3.8, 4) is 0 Å². The fourth-order valence-corrected chi connectivity index (χ4v) is 9.73. The van der Waals surface area contributed by atoms with E-state index in [0.717, 1.165) is 20.8 Å². The smallest absolute Gasteiger partial charge is 0.217 e. The van der Waals surface area contributed by atoms with Crippen LogP contribution in [0.2, 0.25) is 0 Å². The average Bonchev–Trinajstić information content (AvgIpc) is 3.38. The molecule has 0 aromatic heterocycles. The Kier molecular flexibility index (Phi) is 22.3. The lowest BCUT2D eigenvalue weighted by molar-refractivity contribution is -0.385. The van der Waals surface area contributed by atoms with Gasteiger partial charge < -0.3 is 155 Å². The Balaban J connectivity index is 1.21. The number of aliphatic hydroxyl groups excluding tert-OH is 17. The highest BCUT2D eigenvalue weighted by molar-refractivity contribution is 5.74. The van der Waals surface area contributed by atoms with Gasteiger partial charge in [-0.15, -0.1) is 0 Å². The molecular formula is C42H71N3O31. The van der Waals surface area contributed by atoms with E-state index in [2.05, 4.69) is 16.0 Å². The molecule has 0 spiro atoms. The normalized spacial score (nSPS) is 48.2. The highest BCUT2D eigenvalue weighted by atomic mass is 16.8. The summed E-state index contributed by atoms with van der Waals surface area (Å²) >= 11 is 0. The fraction of sp³-hybridized carbons (Fsp3) is 0.929. The third kappa shape index (κ3) is 13.5. The van der Waals surface area contributed by atoms with E-state index in [9.17, 15) is 101 Å². The van der Waals surface area contributed by atoms with Crippen molar-refractivity contribution in [3.05, 3.63) is 0 Å². The summed E-state index contributed by atoms with van der Waals surface area (Å²) < 4.78 is 63.0. The summed E-state index contributed by atoms with van der Waals surface area (Å²) in [5.41, 5.74) is 0. The lowest BCUT2D eigenvalue weighted by Crippen LogP contribution is -2.71. The summed E-state index contributed by atoms with van der Waals surface area (Å²) in [6, 6.07) is -5.08. The average molecular weight is 1110 g/mol. The lowest BCUT2D eigenvalue weighted by atomic mass is 9.93. The molecule has 6 fully saturated rings. The Morgan fingerprint density at radius 1 is 0.316 bits per heavy atom. The molecule has 34 heteroatoms. The third-order valence-electron chi connectivity index (χ3n) is 13.6. The molecule has 0 saturated carbocycles. The van der Waals surface area contributed by atoms with E-state index in [1.54, 1.807) is 0 Å². The first-order chi connectivity index (χ1) is 35.9. The molecule has 0 unspecified atom stereocenters. The highest BCUT2D eigenvalue weighted by Crippen LogP contribution is 2.37. The number of carbonyl (C=O) groups is 3. The number of amides is 3. The fourth-order valence-electron chi connectivity index (χ4n) is 9.73. The van der Waals surface area contributed by atoms with Gasteiger partial charge in [-0.3, -0.25) is 14.4 Å². The van der Waals surface area contributed by atoms with Crippen molar-refractivity contribution in [2.24, 2.45) is 0 Å². The first-order valence-corrected chi connectivity index (χ1v) is 24.1. The second-order valence-electron chi connectivity index (χ2n) is 19.0. The van der Waals surface area contributed by atoms with Gasteiger partial charge in [-0.1, -0.05) is 0 Å². The lowest BCUT2D eigenvalue weighted by Gasteiger charge is -2.51. The molecule has 6 heterocycles. The van der Waals surface area contributed by atoms with Crippen LogP contribution in [0.25, 0.3) is 0 Å².